The van der Waals surface area contributed by atoms with Gasteiger partial charge in [-0.25, -0.2) is 0 Å². The molecule has 4 nitrogen and oxygen atoms in total. The number of H-pyrrole nitrogens is 2. The van der Waals surface area contributed by atoms with Gasteiger partial charge in [0.2, 0.25) is 0 Å². The summed E-state index contributed by atoms with van der Waals surface area (Å²) < 4.78 is 0. The summed E-state index contributed by atoms with van der Waals surface area (Å²) in [5.41, 5.74) is 2.12. The summed E-state index contributed by atoms with van der Waals surface area (Å²) in [5.74, 6) is 0. The van der Waals surface area contributed by atoms with Gasteiger partial charge < -0.3 is 9.97 Å². The van der Waals surface area contributed by atoms with E-state index in [0.29, 0.717) is 38.3 Å². The Bertz CT molecular complexity index is 1240. The predicted molar refractivity (Wildman–Crippen MR) is 102 cm³/mol. The lowest BCUT2D eigenvalue weighted by Crippen LogP contribution is -2.40. The molecule has 2 aromatic heterocycles. The largest absolute Gasteiger partial charge is 0.355 e. The molecule has 0 spiro atoms. The quantitative estimate of drug-likeness (QED) is 0.712. The monoisotopic (exact) mass is 318 g/mol. The maximum absolute atomic E-state index is 12.7. The van der Waals surface area contributed by atoms with Crippen LogP contribution in [-0.4, -0.2) is 9.97 Å². The molecule has 120 valence electrons. The Morgan fingerprint density at radius 1 is 0.875 bits per heavy atom. The molecule has 3 aromatic rings. The zero-order chi connectivity index (χ0) is 17.4. The molecule has 0 bridgehead atoms. The Kier molecular flexibility index (Phi) is 3.81. The average Bonchev–Trinajstić information content (AvgIpc) is 2.60. The third kappa shape index (κ3) is 2.15. The molecule has 0 aliphatic rings. The number of pyridine rings is 2. The van der Waals surface area contributed by atoms with Crippen LogP contribution in [0.15, 0.2) is 34.9 Å². The lowest BCUT2D eigenvalue weighted by Gasteiger charge is -2.07. The van der Waals surface area contributed by atoms with Crippen LogP contribution in [0.4, 0.5) is 0 Å². The van der Waals surface area contributed by atoms with E-state index in [4.69, 9.17) is 0 Å². The number of nitrogens with one attached hydrogen (secondary N) is 2. The smallest absolute Gasteiger partial charge is 0.197 e. The molecule has 24 heavy (non-hydrogen) atoms. The van der Waals surface area contributed by atoms with Crippen LogP contribution in [0.25, 0.3) is 46.1 Å². The van der Waals surface area contributed by atoms with Gasteiger partial charge in [0, 0.05) is 32.6 Å². The molecule has 0 saturated carbocycles. The molecule has 2 N–H and O–H groups in total. The Hall–Kier alpha value is -3.14. The minimum atomic E-state index is -0.135. The number of aromatic nitrogens is 2. The van der Waals surface area contributed by atoms with E-state index in [2.05, 4.69) is 23.1 Å². The van der Waals surface area contributed by atoms with E-state index in [0.717, 1.165) is 5.35 Å². The van der Waals surface area contributed by atoms with E-state index in [1.54, 1.807) is 24.3 Å². The molecule has 4 heteroatoms. The van der Waals surface area contributed by atoms with Crippen molar-refractivity contribution in [1.29, 1.82) is 0 Å². The molecule has 0 fully saturated rings. The highest BCUT2D eigenvalue weighted by Crippen LogP contribution is 2.17. The van der Waals surface area contributed by atoms with Gasteiger partial charge in [0.25, 0.3) is 0 Å². The van der Waals surface area contributed by atoms with Gasteiger partial charge >= 0.3 is 0 Å². The molecule has 3 rings (SSSR count). The Morgan fingerprint density at radius 3 is 2.04 bits per heavy atom. The third-order valence-electron chi connectivity index (χ3n) is 4.24. The Morgan fingerprint density at radius 2 is 1.50 bits per heavy atom. The summed E-state index contributed by atoms with van der Waals surface area (Å²) in [5, 5.41) is 2.42. The summed E-state index contributed by atoms with van der Waals surface area (Å²) in [6.07, 6.45) is 6.73. The van der Waals surface area contributed by atoms with E-state index in [9.17, 15) is 9.59 Å². The van der Waals surface area contributed by atoms with Crippen LogP contribution in [0, 0.1) is 0 Å². The van der Waals surface area contributed by atoms with E-state index in [1.165, 1.54) is 6.08 Å². The maximum atomic E-state index is 12.7. The van der Waals surface area contributed by atoms with Gasteiger partial charge in [-0.3, -0.25) is 9.59 Å². The highest BCUT2D eigenvalue weighted by molar-refractivity contribution is 5.95. The van der Waals surface area contributed by atoms with Gasteiger partial charge in [-0.05, 0) is 32.1 Å². The first kappa shape index (κ1) is 15.7. The zero-order valence-corrected chi connectivity index (χ0v) is 13.7. The molecule has 0 aliphatic carbocycles. The van der Waals surface area contributed by atoms with Crippen LogP contribution < -0.4 is 21.4 Å². The van der Waals surface area contributed by atoms with Crippen molar-refractivity contribution in [2.75, 3.05) is 0 Å². The molecule has 2 heterocycles. The second kappa shape index (κ2) is 5.81. The SMILES string of the molecule is C=Cc1[nH]c2cc3c(=O)c(=C/C)/c(=C\C)[nH]c3cc2c(=O)c1C=C. The van der Waals surface area contributed by atoms with Gasteiger partial charge in [0.1, 0.15) is 0 Å². The fourth-order valence-corrected chi connectivity index (χ4v) is 3.02. The first-order valence-electron chi connectivity index (χ1n) is 7.69. The van der Waals surface area contributed by atoms with Crippen molar-refractivity contribution in [2.45, 2.75) is 13.8 Å². The molecule has 1 aromatic carbocycles. The van der Waals surface area contributed by atoms with Crippen molar-refractivity contribution in [2.24, 2.45) is 0 Å². The third-order valence-corrected chi connectivity index (χ3v) is 4.24. The summed E-state index contributed by atoms with van der Waals surface area (Å²) in [7, 11) is 0. The molecule has 0 amide bonds. The molecule has 0 radical (unpaired) electrons. The van der Waals surface area contributed by atoms with Crippen molar-refractivity contribution < 1.29 is 0 Å². The topological polar surface area (TPSA) is 65.7 Å². The molecular formula is C20H18N2O2. The normalized spacial score (nSPS) is 12.9. The summed E-state index contributed by atoms with van der Waals surface area (Å²) >= 11 is 0. The first-order chi connectivity index (χ1) is 11.5. The number of fused-ring (bicyclic) bond motifs is 2. The van der Waals surface area contributed by atoms with Crippen LogP contribution in [0.5, 0.6) is 0 Å². The van der Waals surface area contributed by atoms with Crippen LogP contribution in [0.3, 0.4) is 0 Å². The highest BCUT2D eigenvalue weighted by Gasteiger charge is 2.11. The van der Waals surface area contributed by atoms with Gasteiger partial charge in [-0.15, -0.1) is 0 Å². The van der Waals surface area contributed by atoms with E-state index in [-0.39, 0.29) is 10.9 Å². The highest BCUT2D eigenvalue weighted by atomic mass is 16.1. The minimum absolute atomic E-state index is 0.0601. The summed E-state index contributed by atoms with van der Waals surface area (Å²) in [6, 6.07) is 3.44. The fraction of sp³-hybridized carbons (Fsp3) is 0.100. The van der Waals surface area contributed by atoms with E-state index >= 15 is 0 Å². The molecule has 0 aliphatic heterocycles. The van der Waals surface area contributed by atoms with Gasteiger partial charge in [-0.1, -0.05) is 31.4 Å². The number of rotatable bonds is 2. The van der Waals surface area contributed by atoms with Crippen LogP contribution in [0.2, 0.25) is 0 Å². The predicted octanol–water partition coefficient (Wildman–Crippen LogP) is 2.26. The van der Waals surface area contributed by atoms with Crippen molar-refractivity contribution in [3.05, 3.63) is 67.6 Å². The lowest BCUT2D eigenvalue weighted by atomic mass is 10.0. The van der Waals surface area contributed by atoms with Gasteiger partial charge in [-0.2, -0.15) is 0 Å². The van der Waals surface area contributed by atoms with Gasteiger partial charge in [0.05, 0.1) is 11.0 Å². The summed E-state index contributed by atoms with van der Waals surface area (Å²) in [4.78, 5) is 31.8. The Balaban J connectivity index is 2.64. The number of aromatic amines is 2. The van der Waals surface area contributed by atoms with E-state index < -0.39 is 0 Å². The van der Waals surface area contributed by atoms with E-state index in [1.807, 2.05) is 19.9 Å². The van der Waals surface area contributed by atoms with Crippen LogP contribution in [-0.2, 0) is 0 Å². The second-order valence-corrected chi connectivity index (χ2v) is 5.49. The fourth-order valence-electron chi connectivity index (χ4n) is 3.02. The maximum Gasteiger partial charge on any atom is 0.197 e. The van der Waals surface area contributed by atoms with Crippen molar-refractivity contribution >= 4 is 46.1 Å². The van der Waals surface area contributed by atoms with Crippen molar-refractivity contribution in [3.63, 3.8) is 0 Å². The first-order valence-corrected chi connectivity index (χ1v) is 7.69. The number of hydrogen-bond donors (Lipinski definition) is 2. The number of hydrogen-bond acceptors (Lipinski definition) is 2. The van der Waals surface area contributed by atoms with Crippen molar-refractivity contribution in [3.8, 4) is 0 Å². The zero-order valence-electron chi connectivity index (χ0n) is 13.7. The molecular weight excluding hydrogens is 300 g/mol. The lowest BCUT2D eigenvalue weighted by molar-refractivity contribution is 1.25. The average molecular weight is 318 g/mol. The van der Waals surface area contributed by atoms with Crippen molar-refractivity contribution in [1.82, 2.24) is 9.97 Å². The molecule has 0 atom stereocenters. The molecule has 0 saturated heterocycles. The summed E-state index contributed by atoms with van der Waals surface area (Å²) in [6.45, 7) is 11.1. The van der Waals surface area contributed by atoms with Crippen LogP contribution >= 0.6 is 0 Å². The van der Waals surface area contributed by atoms with Gasteiger partial charge in [0.15, 0.2) is 10.9 Å². The number of benzene rings is 1. The second-order valence-electron chi connectivity index (χ2n) is 5.49. The van der Waals surface area contributed by atoms with Crippen LogP contribution in [0.1, 0.15) is 25.1 Å². The minimum Gasteiger partial charge on any atom is -0.355 e. The Labute approximate surface area is 138 Å². The molecule has 0 unspecified atom stereocenters. The standard InChI is InChI=1S/C20H18N2O2/c1-5-11-15(7-3)21-17-10-14-18(9-13(17)19(11)23)22-16(8-4)12(6-2)20(14)24/h5-10,22H,1,3H2,2,4H3,(H,21,23)/b12-6+,16-8+.